The number of amides is 1. The molecule has 0 fully saturated rings. The largest absolute Gasteiger partial charge is 0.352 e. The maximum absolute atomic E-state index is 12.2. The number of nitrogens with two attached hydrogens (primary N) is 1. The molecule has 4 nitrogen and oxygen atoms in total. The Morgan fingerprint density at radius 2 is 2.15 bits per heavy atom. The van der Waals surface area contributed by atoms with Gasteiger partial charge in [0, 0.05) is 18.1 Å². The summed E-state index contributed by atoms with van der Waals surface area (Å²) in [6, 6.07) is 9.44. The van der Waals surface area contributed by atoms with E-state index >= 15 is 0 Å². The lowest BCUT2D eigenvalue weighted by molar-refractivity contribution is 0.0954. The van der Waals surface area contributed by atoms with Crippen LogP contribution in [-0.2, 0) is 0 Å². The number of rotatable bonds is 6. The summed E-state index contributed by atoms with van der Waals surface area (Å²) in [6.45, 7) is 3.50. The quantitative estimate of drug-likeness (QED) is 0.792. The van der Waals surface area contributed by atoms with Crippen molar-refractivity contribution in [3.63, 3.8) is 0 Å². The average molecular weight is 271 g/mol. The van der Waals surface area contributed by atoms with Crippen LogP contribution in [0.2, 0.25) is 0 Å². The topological polar surface area (TPSA) is 68.0 Å². The van der Waals surface area contributed by atoms with Crippen LogP contribution in [0.1, 0.15) is 30.1 Å². The van der Waals surface area contributed by atoms with Crippen LogP contribution in [0.25, 0.3) is 10.9 Å². The highest BCUT2D eigenvalue weighted by Crippen LogP contribution is 2.15. The summed E-state index contributed by atoms with van der Waals surface area (Å²) in [5.74, 6) is 0.470. The van der Waals surface area contributed by atoms with Gasteiger partial charge >= 0.3 is 0 Å². The van der Waals surface area contributed by atoms with E-state index in [4.69, 9.17) is 5.73 Å². The van der Waals surface area contributed by atoms with Gasteiger partial charge in [-0.05, 0) is 37.4 Å². The van der Waals surface area contributed by atoms with Gasteiger partial charge in [-0.15, -0.1) is 0 Å². The Labute approximate surface area is 119 Å². The zero-order valence-electron chi connectivity index (χ0n) is 11.8. The van der Waals surface area contributed by atoms with E-state index in [9.17, 15) is 4.79 Å². The van der Waals surface area contributed by atoms with Crippen molar-refractivity contribution in [1.29, 1.82) is 0 Å². The number of nitrogens with zero attached hydrogens (tertiary/aromatic N) is 1. The van der Waals surface area contributed by atoms with Gasteiger partial charge in [0.2, 0.25) is 0 Å². The van der Waals surface area contributed by atoms with Crippen molar-refractivity contribution in [3.05, 3.63) is 42.1 Å². The Hall–Kier alpha value is -1.94. The summed E-state index contributed by atoms with van der Waals surface area (Å²) < 4.78 is 0. The number of pyridine rings is 1. The van der Waals surface area contributed by atoms with Gasteiger partial charge in [-0.1, -0.05) is 25.1 Å². The van der Waals surface area contributed by atoms with E-state index in [0.29, 0.717) is 24.6 Å². The van der Waals surface area contributed by atoms with Gasteiger partial charge in [-0.2, -0.15) is 0 Å². The normalized spacial score (nSPS) is 12.3. The van der Waals surface area contributed by atoms with Crippen LogP contribution in [0.4, 0.5) is 0 Å². The van der Waals surface area contributed by atoms with Crippen LogP contribution < -0.4 is 11.1 Å². The molecule has 0 aliphatic carbocycles. The zero-order chi connectivity index (χ0) is 14.4. The highest BCUT2D eigenvalue weighted by molar-refractivity contribution is 6.05. The van der Waals surface area contributed by atoms with Gasteiger partial charge in [0.15, 0.2) is 0 Å². The predicted octanol–water partition coefficient (Wildman–Crippen LogP) is 2.34. The van der Waals surface area contributed by atoms with E-state index in [1.165, 1.54) is 0 Å². The molecule has 0 aliphatic rings. The fourth-order valence-electron chi connectivity index (χ4n) is 2.16. The van der Waals surface area contributed by atoms with E-state index in [1.54, 1.807) is 12.3 Å². The number of fused-ring (bicyclic) bond motifs is 1. The summed E-state index contributed by atoms with van der Waals surface area (Å²) in [5.41, 5.74) is 7.10. The van der Waals surface area contributed by atoms with E-state index in [-0.39, 0.29) is 5.91 Å². The maximum atomic E-state index is 12.2. The Morgan fingerprint density at radius 1 is 1.35 bits per heavy atom. The molecule has 1 unspecified atom stereocenters. The number of nitrogens with one attached hydrogen (secondary N) is 1. The second kappa shape index (κ2) is 7.01. The molecule has 1 amide bonds. The predicted molar refractivity (Wildman–Crippen MR) is 81.5 cm³/mol. The van der Waals surface area contributed by atoms with Crippen molar-refractivity contribution in [2.75, 3.05) is 13.1 Å². The summed E-state index contributed by atoms with van der Waals surface area (Å²) >= 11 is 0. The van der Waals surface area contributed by atoms with Crippen molar-refractivity contribution in [2.45, 2.75) is 19.8 Å². The minimum absolute atomic E-state index is 0.0380. The molecule has 2 aromatic rings. The van der Waals surface area contributed by atoms with E-state index in [2.05, 4.69) is 17.2 Å². The van der Waals surface area contributed by atoms with Crippen molar-refractivity contribution in [3.8, 4) is 0 Å². The minimum Gasteiger partial charge on any atom is -0.352 e. The number of aromatic nitrogens is 1. The molecule has 2 rings (SSSR count). The Balaban J connectivity index is 1.98. The Kier molecular flexibility index (Phi) is 5.07. The first kappa shape index (κ1) is 14.5. The first-order chi connectivity index (χ1) is 9.72. The summed E-state index contributed by atoms with van der Waals surface area (Å²) in [5, 5.41) is 3.85. The minimum atomic E-state index is -0.0380. The molecular formula is C16H21N3O. The molecule has 106 valence electrons. The fourth-order valence-corrected chi connectivity index (χ4v) is 2.16. The van der Waals surface area contributed by atoms with Crippen LogP contribution in [-0.4, -0.2) is 24.0 Å². The van der Waals surface area contributed by atoms with Crippen molar-refractivity contribution in [1.82, 2.24) is 10.3 Å². The molecule has 20 heavy (non-hydrogen) atoms. The van der Waals surface area contributed by atoms with Gasteiger partial charge in [-0.3, -0.25) is 9.78 Å². The zero-order valence-corrected chi connectivity index (χ0v) is 11.8. The van der Waals surface area contributed by atoms with Crippen LogP contribution in [0, 0.1) is 5.92 Å². The molecular weight excluding hydrogens is 250 g/mol. The number of hydrogen-bond donors (Lipinski definition) is 2. The second-order valence-corrected chi connectivity index (χ2v) is 5.11. The van der Waals surface area contributed by atoms with Crippen LogP contribution in [0.3, 0.4) is 0 Å². The van der Waals surface area contributed by atoms with Crippen molar-refractivity contribution >= 4 is 16.8 Å². The lowest BCUT2D eigenvalue weighted by Crippen LogP contribution is -2.25. The number of hydrogen-bond acceptors (Lipinski definition) is 3. The molecule has 1 aromatic heterocycles. The highest BCUT2D eigenvalue weighted by atomic mass is 16.1. The average Bonchev–Trinajstić information content (AvgIpc) is 2.50. The molecule has 1 heterocycles. The van der Waals surface area contributed by atoms with Crippen molar-refractivity contribution < 1.29 is 4.79 Å². The SMILES string of the molecule is CC(CN)CCCNC(=O)c1ccnc2ccccc12. The number of carbonyl (C=O) groups excluding carboxylic acids is 1. The molecule has 1 aromatic carbocycles. The summed E-state index contributed by atoms with van der Waals surface area (Å²) in [4.78, 5) is 16.5. The molecule has 0 radical (unpaired) electrons. The molecule has 3 N–H and O–H groups in total. The first-order valence-electron chi connectivity index (χ1n) is 7.04. The molecule has 1 atom stereocenters. The standard InChI is InChI=1S/C16H21N3O/c1-12(11-17)5-4-9-19-16(20)14-8-10-18-15-7-3-2-6-13(14)15/h2-3,6-8,10,12H,4-5,9,11,17H2,1H3,(H,19,20). The monoisotopic (exact) mass is 271 g/mol. The third kappa shape index (κ3) is 3.54. The van der Waals surface area contributed by atoms with E-state index in [1.807, 2.05) is 24.3 Å². The van der Waals surface area contributed by atoms with Gasteiger partial charge in [0.1, 0.15) is 0 Å². The van der Waals surface area contributed by atoms with Crippen LogP contribution >= 0.6 is 0 Å². The molecule has 0 spiro atoms. The highest BCUT2D eigenvalue weighted by Gasteiger charge is 2.09. The van der Waals surface area contributed by atoms with E-state index in [0.717, 1.165) is 23.7 Å². The first-order valence-corrected chi connectivity index (χ1v) is 7.04. The van der Waals surface area contributed by atoms with Crippen LogP contribution in [0.5, 0.6) is 0 Å². The smallest absolute Gasteiger partial charge is 0.252 e. The second-order valence-electron chi connectivity index (χ2n) is 5.11. The fraction of sp³-hybridized carbons (Fsp3) is 0.375. The summed E-state index contributed by atoms with van der Waals surface area (Å²) in [6.07, 6.45) is 3.66. The lowest BCUT2D eigenvalue weighted by atomic mass is 10.1. The molecule has 4 heteroatoms. The maximum Gasteiger partial charge on any atom is 0.252 e. The molecule has 0 saturated heterocycles. The molecule has 0 bridgehead atoms. The third-order valence-corrected chi connectivity index (χ3v) is 3.46. The van der Waals surface area contributed by atoms with Gasteiger partial charge in [-0.25, -0.2) is 0 Å². The third-order valence-electron chi connectivity index (χ3n) is 3.46. The lowest BCUT2D eigenvalue weighted by Gasteiger charge is -2.10. The number of para-hydroxylation sites is 1. The Morgan fingerprint density at radius 3 is 2.95 bits per heavy atom. The van der Waals surface area contributed by atoms with Gasteiger partial charge < -0.3 is 11.1 Å². The number of benzene rings is 1. The number of carbonyl (C=O) groups is 1. The van der Waals surface area contributed by atoms with Gasteiger partial charge in [0.05, 0.1) is 11.1 Å². The Bertz CT molecular complexity index is 577. The van der Waals surface area contributed by atoms with Gasteiger partial charge in [0.25, 0.3) is 5.91 Å². The van der Waals surface area contributed by atoms with E-state index < -0.39 is 0 Å². The van der Waals surface area contributed by atoms with Crippen molar-refractivity contribution in [2.24, 2.45) is 11.7 Å². The molecule has 0 aliphatic heterocycles. The molecule has 0 saturated carbocycles. The van der Waals surface area contributed by atoms with Crippen LogP contribution in [0.15, 0.2) is 36.5 Å². The summed E-state index contributed by atoms with van der Waals surface area (Å²) in [7, 11) is 0.